The molecule has 0 radical (unpaired) electrons. The van der Waals surface area contributed by atoms with Crippen LogP contribution in [-0.2, 0) is 6.42 Å². The zero-order valence-corrected chi connectivity index (χ0v) is 13.1. The van der Waals surface area contributed by atoms with Crippen LogP contribution in [-0.4, -0.2) is 31.8 Å². The monoisotopic (exact) mass is 313 g/mol. The summed E-state index contributed by atoms with van der Waals surface area (Å²) in [6.45, 7) is 0.745. The molecule has 0 aromatic heterocycles. The van der Waals surface area contributed by atoms with Crippen molar-refractivity contribution in [1.29, 1.82) is 0 Å². The fraction of sp³-hybridized carbons (Fsp3) is 0.278. The molecule has 0 bridgehead atoms. The van der Waals surface area contributed by atoms with Gasteiger partial charge in [0.05, 0.1) is 25.8 Å². The van der Waals surface area contributed by atoms with Gasteiger partial charge in [-0.25, -0.2) is 4.79 Å². The van der Waals surface area contributed by atoms with Gasteiger partial charge in [0.15, 0.2) is 11.5 Å². The highest BCUT2D eigenvalue weighted by atomic mass is 16.5. The van der Waals surface area contributed by atoms with Gasteiger partial charge in [0.1, 0.15) is 0 Å². The molecule has 0 spiro atoms. The molecule has 1 aliphatic heterocycles. The number of rotatable bonds is 4. The zero-order chi connectivity index (χ0) is 16.4. The van der Waals surface area contributed by atoms with Gasteiger partial charge < -0.3 is 19.9 Å². The first-order chi connectivity index (χ1) is 11.2. The summed E-state index contributed by atoms with van der Waals surface area (Å²) in [4.78, 5) is 11.5. The van der Waals surface area contributed by atoms with Crippen LogP contribution in [0.3, 0.4) is 0 Å². The van der Waals surface area contributed by atoms with Crippen LogP contribution in [0.1, 0.15) is 33.1 Å². The average molecular weight is 313 g/mol. The minimum Gasteiger partial charge on any atom is -0.493 e. The second kappa shape index (κ2) is 6.30. The predicted molar refractivity (Wildman–Crippen MR) is 86.5 cm³/mol. The minimum atomic E-state index is -0.921. The first-order valence-electron chi connectivity index (χ1n) is 7.46. The number of nitrogens with one attached hydrogen (secondary N) is 1. The molecule has 23 heavy (non-hydrogen) atoms. The summed E-state index contributed by atoms with van der Waals surface area (Å²) in [7, 11) is 3.24. The first-order valence-corrected chi connectivity index (χ1v) is 7.46. The number of benzene rings is 2. The van der Waals surface area contributed by atoms with Gasteiger partial charge in [-0.05, 0) is 29.7 Å². The zero-order valence-electron chi connectivity index (χ0n) is 13.1. The van der Waals surface area contributed by atoms with E-state index in [1.54, 1.807) is 26.4 Å². The molecule has 0 saturated heterocycles. The molecule has 0 saturated carbocycles. The summed E-state index contributed by atoms with van der Waals surface area (Å²) in [5.74, 6) is 0.498. The van der Waals surface area contributed by atoms with Crippen molar-refractivity contribution in [3.05, 3.63) is 58.7 Å². The van der Waals surface area contributed by atoms with Crippen LogP contribution in [0.5, 0.6) is 11.5 Å². The Morgan fingerprint density at radius 3 is 2.61 bits per heavy atom. The van der Waals surface area contributed by atoms with Gasteiger partial charge in [0.2, 0.25) is 0 Å². The van der Waals surface area contributed by atoms with Crippen LogP contribution >= 0.6 is 0 Å². The smallest absolute Gasteiger partial charge is 0.336 e. The molecular weight excluding hydrogens is 294 g/mol. The SMILES string of the molecule is COc1ccc2c(c1OC)CCNC2c1ccccc1C(=O)O. The lowest BCUT2D eigenvalue weighted by Crippen LogP contribution is -2.32. The van der Waals surface area contributed by atoms with E-state index >= 15 is 0 Å². The third kappa shape index (κ3) is 2.64. The van der Waals surface area contributed by atoms with Gasteiger partial charge in [-0.1, -0.05) is 24.3 Å². The van der Waals surface area contributed by atoms with Gasteiger partial charge in [-0.15, -0.1) is 0 Å². The van der Waals surface area contributed by atoms with Crippen molar-refractivity contribution in [3.8, 4) is 11.5 Å². The Morgan fingerprint density at radius 2 is 1.91 bits per heavy atom. The summed E-state index contributed by atoms with van der Waals surface area (Å²) in [6, 6.07) is 10.8. The molecule has 1 unspecified atom stereocenters. The Morgan fingerprint density at radius 1 is 1.13 bits per heavy atom. The topological polar surface area (TPSA) is 67.8 Å². The van der Waals surface area contributed by atoms with Crippen molar-refractivity contribution in [2.24, 2.45) is 0 Å². The predicted octanol–water partition coefficient (Wildman–Crippen LogP) is 2.64. The van der Waals surface area contributed by atoms with Crippen LogP contribution in [0.4, 0.5) is 0 Å². The molecule has 0 fully saturated rings. The Labute approximate surface area is 134 Å². The molecule has 5 nitrogen and oxygen atoms in total. The molecule has 1 heterocycles. The van der Waals surface area contributed by atoms with Crippen LogP contribution < -0.4 is 14.8 Å². The normalized spacial score (nSPS) is 16.5. The highest BCUT2D eigenvalue weighted by molar-refractivity contribution is 5.89. The lowest BCUT2D eigenvalue weighted by Gasteiger charge is -2.30. The number of fused-ring (bicyclic) bond motifs is 1. The van der Waals surface area contributed by atoms with Crippen molar-refractivity contribution in [3.63, 3.8) is 0 Å². The fourth-order valence-electron chi connectivity index (χ4n) is 3.21. The third-order valence-electron chi connectivity index (χ3n) is 4.22. The van der Waals surface area contributed by atoms with E-state index in [4.69, 9.17) is 9.47 Å². The first kappa shape index (κ1) is 15.4. The minimum absolute atomic E-state index is 0.175. The number of hydrogen-bond acceptors (Lipinski definition) is 4. The van der Waals surface area contributed by atoms with Crippen LogP contribution in [0, 0.1) is 0 Å². The second-order valence-corrected chi connectivity index (χ2v) is 5.40. The Hall–Kier alpha value is -2.53. The maximum Gasteiger partial charge on any atom is 0.336 e. The van der Waals surface area contributed by atoms with Crippen molar-refractivity contribution in [1.82, 2.24) is 5.32 Å². The van der Waals surface area contributed by atoms with Gasteiger partial charge in [-0.3, -0.25) is 0 Å². The Kier molecular flexibility index (Phi) is 4.21. The molecular formula is C18H19NO4. The molecule has 120 valence electrons. The number of carboxylic acid groups (broad SMARTS) is 1. The lowest BCUT2D eigenvalue weighted by molar-refractivity contribution is 0.0695. The van der Waals surface area contributed by atoms with Gasteiger partial charge >= 0.3 is 5.97 Å². The van der Waals surface area contributed by atoms with E-state index in [1.807, 2.05) is 24.3 Å². The number of hydrogen-bond donors (Lipinski definition) is 2. The Bertz CT molecular complexity index is 742. The van der Waals surface area contributed by atoms with Gasteiger partial charge in [0.25, 0.3) is 0 Å². The van der Waals surface area contributed by atoms with Crippen LogP contribution in [0.25, 0.3) is 0 Å². The summed E-state index contributed by atoms with van der Waals surface area (Å²) >= 11 is 0. The van der Waals surface area contributed by atoms with Crippen molar-refractivity contribution < 1.29 is 19.4 Å². The molecule has 3 rings (SSSR count). The third-order valence-corrected chi connectivity index (χ3v) is 4.22. The number of carboxylic acids is 1. The second-order valence-electron chi connectivity index (χ2n) is 5.40. The molecule has 0 amide bonds. The van der Waals surface area contributed by atoms with E-state index in [-0.39, 0.29) is 6.04 Å². The van der Waals surface area contributed by atoms with Gasteiger partial charge in [-0.2, -0.15) is 0 Å². The van der Waals surface area contributed by atoms with E-state index in [0.717, 1.165) is 35.4 Å². The summed E-state index contributed by atoms with van der Waals surface area (Å²) in [5, 5.41) is 12.9. The Balaban J connectivity index is 2.15. The van der Waals surface area contributed by atoms with Crippen LogP contribution in [0.2, 0.25) is 0 Å². The van der Waals surface area contributed by atoms with Crippen molar-refractivity contribution in [2.75, 3.05) is 20.8 Å². The van der Waals surface area contributed by atoms with Crippen molar-refractivity contribution in [2.45, 2.75) is 12.5 Å². The summed E-state index contributed by atoms with van der Waals surface area (Å²) in [6.07, 6.45) is 0.807. The van der Waals surface area contributed by atoms with E-state index < -0.39 is 5.97 Å². The van der Waals surface area contributed by atoms with E-state index in [9.17, 15) is 9.90 Å². The molecule has 1 atom stereocenters. The molecule has 2 aromatic rings. The molecule has 5 heteroatoms. The standard InChI is InChI=1S/C18H19NO4/c1-22-15-8-7-12-13(17(15)23-2)9-10-19-16(12)11-5-3-4-6-14(11)18(20)21/h3-8,16,19H,9-10H2,1-2H3,(H,20,21). The maximum absolute atomic E-state index is 11.5. The summed E-state index contributed by atoms with van der Waals surface area (Å²) < 4.78 is 10.9. The molecule has 0 aliphatic carbocycles. The molecule has 2 N–H and O–H groups in total. The molecule has 1 aliphatic rings. The number of aromatic carboxylic acids is 1. The lowest BCUT2D eigenvalue weighted by atomic mass is 9.87. The largest absolute Gasteiger partial charge is 0.493 e. The van der Waals surface area contributed by atoms with E-state index in [0.29, 0.717) is 11.3 Å². The average Bonchev–Trinajstić information content (AvgIpc) is 2.59. The highest BCUT2D eigenvalue weighted by Crippen LogP contribution is 2.40. The van der Waals surface area contributed by atoms with Crippen LogP contribution in [0.15, 0.2) is 36.4 Å². The quantitative estimate of drug-likeness (QED) is 0.908. The maximum atomic E-state index is 11.5. The fourth-order valence-corrected chi connectivity index (χ4v) is 3.21. The number of ether oxygens (including phenoxy) is 2. The van der Waals surface area contributed by atoms with Crippen molar-refractivity contribution >= 4 is 5.97 Å². The van der Waals surface area contributed by atoms with E-state index in [2.05, 4.69) is 5.32 Å². The van der Waals surface area contributed by atoms with E-state index in [1.165, 1.54) is 0 Å². The number of methoxy groups -OCH3 is 2. The summed E-state index contributed by atoms with van der Waals surface area (Å²) in [5.41, 5.74) is 3.17. The highest BCUT2D eigenvalue weighted by Gasteiger charge is 2.28. The molecule has 2 aromatic carbocycles. The number of carbonyl (C=O) groups is 1. The van der Waals surface area contributed by atoms with Gasteiger partial charge in [0, 0.05) is 12.1 Å².